The van der Waals surface area contributed by atoms with Crippen LogP contribution in [0.3, 0.4) is 0 Å². The van der Waals surface area contributed by atoms with Gasteiger partial charge in [-0.25, -0.2) is 0 Å². The van der Waals surface area contributed by atoms with Crippen molar-refractivity contribution >= 4 is 39.2 Å². The number of fused-ring (bicyclic) bond motifs is 1. The van der Waals surface area contributed by atoms with Crippen molar-refractivity contribution in [2.24, 2.45) is 0 Å². The Balaban J connectivity index is 2.87. The molecule has 13 heavy (non-hydrogen) atoms. The van der Waals surface area contributed by atoms with E-state index in [4.69, 9.17) is 5.73 Å². The molecular weight excluding hydrogens is 275 g/mol. The minimum atomic E-state index is 0.716. The van der Waals surface area contributed by atoms with Gasteiger partial charge in [-0.05, 0) is 47.2 Å². The number of nitrogens with zero attached hydrogens (tertiary/aromatic N) is 1. The predicted molar refractivity (Wildman–Crippen MR) is 63.6 cm³/mol. The first-order valence-electron chi connectivity index (χ1n) is 3.99. The van der Waals surface area contributed by atoms with E-state index in [-0.39, 0.29) is 0 Å². The lowest BCUT2D eigenvalue weighted by atomic mass is 10.1. The van der Waals surface area contributed by atoms with Crippen LogP contribution in [0.1, 0.15) is 5.56 Å². The van der Waals surface area contributed by atoms with Crippen LogP contribution >= 0.6 is 22.6 Å². The fourth-order valence-electron chi connectivity index (χ4n) is 1.34. The molecule has 0 bridgehead atoms. The second-order valence-corrected chi connectivity index (χ2v) is 4.17. The first-order valence-corrected chi connectivity index (χ1v) is 5.06. The molecule has 1 heterocycles. The number of nitrogens with two attached hydrogens (primary N) is 1. The van der Waals surface area contributed by atoms with Gasteiger partial charge in [0.05, 0.1) is 17.4 Å². The number of rotatable bonds is 0. The molecule has 3 heteroatoms. The summed E-state index contributed by atoms with van der Waals surface area (Å²) in [6, 6.07) is 6.08. The van der Waals surface area contributed by atoms with E-state index in [0.29, 0.717) is 5.69 Å². The van der Waals surface area contributed by atoms with Crippen molar-refractivity contribution in [3.05, 3.63) is 33.5 Å². The minimum absolute atomic E-state index is 0.716. The van der Waals surface area contributed by atoms with E-state index < -0.39 is 0 Å². The molecule has 0 aliphatic carbocycles. The van der Waals surface area contributed by atoms with E-state index in [0.717, 1.165) is 10.9 Å². The van der Waals surface area contributed by atoms with Gasteiger partial charge >= 0.3 is 0 Å². The summed E-state index contributed by atoms with van der Waals surface area (Å²) in [4.78, 5) is 4.31. The van der Waals surface area contributed by atoms with Gasteiger partial charge in [0, 0.05) is 8.96 Å². The van der Waals surface area contributed by atoms with E-state index in [2.05, 4.69) is 40.6 Å². The van der Waals surface area contributed by atoms with Crippen LogP contribution in [0.4, 0.5) is 5.69 Å². The highest BCUT2D eigenvalue weighted by Gasteiger charge is 2.01. The summed E-state index contributed by atoms with van der Waals surface area (Å²) < 4.78 is 1.24. The Morgan fingerprint density at radius 1 is 1.38 bits per heavy atom. The molecule has 66 valence electrons. The average molecular weight is 284 g/mol. The molecule has 2 N–H and O–H groups in total. The molecule has 0 spiro atoms. The van der Waals surface area contributed by atoms with Gasteiger partial charge in [-0.1, -0.05) is 6.07 Å². The van der Waals surface area contributed by atoms with Crippen LogP contribution in [0, 0.1) is 10.5 Å². The van der Waals surface area contributed by atoms with E-state index >= 15 is 0 Å². The number of halogens is 1. The zero-order valence-electron chi connectivity index (χ0n) is 7.21. The van der Waals surface area contributed by atoms with Gasteiger partial charge < -0.3 is 5.73 Å². The molecule has 0 fully saturated rings. The van der Waals surface area contributed by atoms with E-state index in [1.165, 1.54) is 9.13 Å². The maximum absolute atomic E-state index is 5.65. The topological polar surface area (TPSA) is 38.9 Å². The maximum atomic E-state index is 5.65. The molecule has 0 unspecified atom stereocenters. The fourth-order valence-corrected chi connectivity index (χ4v) is 1.78. The standard InChI is InChI=1S/C10H9IN2/c1-6-9(11)3-2-7-4-8(12)5-13-10(6)7/h2-5H,12H2,1H3. The van der Waals surface area contributed by atoms with Gasteiger partial charge in [0.25, 0.3) is 0 Å². The lowest BCUT2D eigenvalue weighted by Gasteiger charge is -2.03. The van der Waals surface area contributed by atoms with Crippen LogP contribution in [0.5, 0.6) is 0 Å². The third-order valence-corrected chi connectivity index (χ3v) is 3.23. The quantitative estimate of drug-likeness (QED) is 0.755. The molecule has 0 aliphatic rings. The molecule has 0 amide bonds. The summed E-state index contributed by atoms with van der Waals surface area (Å²) in [7, 11) is 0. The second-order valence-electron chi connectivity index (χ2n) is 3.01. The van der Waals surface area contributed by atoms with Crippen molar-refractivity contribution < 1.29 is 0 Å². The van der Waals surface area contributed by atoms with Crippen LogP contribution in [-0.4, -0.2) is 4.98 Å². The number of aryl methyl sites for hydroxylation is 1. The number of aromatic nitrogens is 1. The van der Waals surface area contributed by atoms with Gasteiger partial charge in [0.2, 0.25) is 0 Å². The Labute approximate surface area is 90.3 Å². The zero-order valence-corrected chi connectivity index (χ0v) is 9.37. The molecule has 0 saturated carbocycles. The summed E-state index contributed by atoms with van der Waals surface area (Å²) in [6.07, 6.45) is 1.70. The van der Waals surface area contributed by atoms with Crippen LogP contribution in [0.25, 0.3) is 10.9 Å². The lowest BCUT2D eigenvalue weighted by Crippen LogP contribution is -1.90. The van der Waals surface area contributed by atoms with Crippen molar-refractivity contribution in [3.63, 3.8) is 0 Å². The van der Waals surface area contributed by atoms with Gasteiger partial charge in [0.15, 0.2) is 0 Å². The van der Waals surface area contributed by atoms with Gasteiger partial charge in [-0.3, -0.25) is 4.98 Å². The molecule has 0 aliphatic heterocycles. The first kappa shape index (κ1) is 8.74. The largest absolute Gasteiger partial charge is 0.397 e. The van der Waals surface area contributed by atoms with Crippen LogP contribution in [0.15, 0.2) is 24.4 Å². The zero-order chi connectivity index (χ0) is 9.42. The lowest BCUT2D eigenvalue weighted by molar-refractivity contribution is 1.35. The van der Waals surface area contributed by atoms with Crippen LogP contribution < -0.4 is 5.73 Å². The number of hydrogen-bond acceptors (Lipinski definition) is 2. The number of anilines is 1. The van der Waals surface area contributed by atoms with Crippen LogP contribution in [-0.2, 0) is 0 Å². The second kappa shape index (κ2) is 3.14. The summed E-state index contributed by atoms with van der Waals surface area (Å²) >= 11 is 2.31. The van der Waals surface area contributed by atoms with E-state index in [1.54, 1.807) is 6.20 Å². The molecule has 0 atom stereocenters. The molecule has 0 radical (unpaired) electrons. The molecule has 2 rings (SSSR count). The average Bonchev–Trinajstić information content (AvgIpc) is 2.12. The van der Waals surface area contributed by atoms with Crippen molar-refractivity contribution in [2.75, 3.05) is 5.73 Å². The maximum Gasteiger partial charge on any atom is 0.0743 e. The summed E-state index contributed by atoms with van der Waals surface area (Å²) in [5.74, 6) is 0. The molecule has 2 aromatic rings. The number of benzene rings is 1. The molecule has 0 saturated heterocycles. The number of hydrogen-bond donors (Lipinski definition) is 1. The molecule has 1 aromatic carbocycles. The Morgan fingerprint density at radius 2 is 2.15 bits per heavy atom. The molecule has 1 aromatic heterocycles. The Hall–Kier alpha value is -0.840. The normalized spacial score (nSPS) is 10.6. The molecule has 2 nitrogen and oxygen atoms in total. The third-order valence-electron chi connectivity index (χ3n) is 2.06. The Bertz CT molecular complexity index is 466. The smallest absolute Gasteiger partial charge is 0.0743 e. The summed E-state index contributed by atoms with van der Waals surface area (Å²) in [5, 5.41) is 1.11. The predicted octanol–water partition coefficient (Wildman–Crippen LogP) is 2.73. The van der Waals surface area contributed by atoms with Crippen molar-refractivity contribution in [3.8, 4) is 0 Å². The van der Waals surface area contributed by atoms with E-state index in [9.17, 15) is 0 Å². The number of pyridine rings is 1. The Morgan fingerprint density at radius 3 is 2.92 bits per heavy atom. The van der Waals surface area contributed by atoms with Crippen molar-refractivity contribution in [1.82, 2.24) is 4.98 Å². The number of nitrogen functional groups attached to an aromatic ring is 1. The minimum Gasteiger partial charge on any atom is -0.397 e. The van der Waals surface area contributed by atoms with Gasteiger partial charge in [-0.2, -0.15) is 0 Å². The highest BCUT2D eigenvalue weighted by atomic mass is 127. The van der Waals surface area contributed by atoms with Gasteiger partial charge in [-0.15, -0.1) is 0 Å². The SMILES string of the molecule is Cc1c(I)ccc2cc(N)cnc12. The van der Waals surface area contributed by atoms with Crippen molar-refractivity contribution in [1.29, 1.82) is 0 Å². The fraction of sp³-hybridized carbons (Fsp3) is 0.100. The first-order chi connectivity index (χ1) is 6.18. The Kier molecular flexibility index (Phi) is 2.11. The highest BCUT2D eigenvalue weighted by Crippen LogP contribution is 2.22. The van der Waals surface area contributed by atoms with Gasteiger partial charge in [0.1, 0.15) is 0 Å². The summed E-state index contributed by atoms with van der Waals surface area (Å²) in [5.41, 5.74) is 8.63. The molecular formula is C10H9IN2. The van der Waals surface area contributed by atoms with E-state index in [1.807, 2.05) is 12.1 Å². The van der Waals surface area contributed by atoms with Crippen molar-refractivity contribution in [2.45, 2.75) is 6.92 Å². The highest BCUT2D eigenvalue weighted by molar-refractivity contribution is 14.1. The van der Waals surface area contributed by atoms with Crippen LogP contribution in [0.2, 0.25) is 0 Å². The monoisotopic (exact) mass is 284 g/mol. The summed E-state index contributed by atoms with van der Waals surface area (Å²) in [6.45, 7) is 2.08. The third kappa shape index (κ3) is 1.48.